The van der Waals surface area contributed by atoms with Gasteiger partial charge in [-0.3, -0.25) is 4.79 Å². The van der Waals surface area contributed by atoms with Crippen LogP contribution >= 0.6 is 0 Å². The second-order valence-corrected chi connectivity index (χ2v) is 6.29. The van der Waals surface area contributed by atoms with E-state index in [2.05, 4.69) is 5.32 Å². The van der Waals surface area contributed by atoms with Crippen LogP contribution in [0.1, 0.15) is 24.0 Å². The van der Waals surface area contributed by atoms with Crippen molar-refractivity contribution in [1.29, 1.82) is 0 Å². The van der Waals surface area contributed by atoms with Crippen molar-refractivity contribution in [2.45, 2.75) is 31.3 Å². The number of rotatable bonds is 4. The highest BCUT2D eigenvalue weighted by Crippen LogP contribution is 2.31. The highest BCUT2D eigenvalue weighted by atomic mass is 19.4. The molecular formula is C17H21F3N2O3. The Morgan fingerprint density at radius 1 is 1.20 bits per heavy atom. The summed E-state index contributed by atoms with van der Waals surface area (Å²) in [5, 5.41) is 2.92. The maximum absolute atomic E-state index is 12.7. The van der Waals surface area contributed by atoms with Gasteiger partial charge in [0.15, 0.2) is 5.79 Å². The zero-order valence-corrected chi connectivity index (χ0v) is 13.8. The van der Waals surface area contributed by atoms with Crippen LogP contribution in [-0.4, -0.2) is 49.4 Å². The summed E-state index contributed by atoms with van der Waals surface area (Å²) in [7, 11) is 0. The molecule has 2 aliphatic heterocycles. The number of carbonyl (C=O) groups excluding carboxylic acids is 1. The first-order valence-corrected chi connectivity index (χ1v) is 8.31. The molecule has 0 atom stereocenters. The molecular weight excluding hydrogens is 337 g/mol. The molecule has 0 saturated carbocycles. The molecule has 0 radical (unpaired) electrons. The minimum Gasteiger partial charge on any atom is -0.347 e. The van der Waals surface area contributed by atoms with Gasteiger partial charge >= 0.3 is 6.18 Å². The summed E-state index contributed by atoms with van der Waals surface area (Å²) >= 11 is 0. The van der Waals surface area contributed by atoms with E-state index in [1.165, 1.54) is 6.07 Å². The molecule has 2 fully saturated rings. The summed E-state index contributed by atoms with van der Waals surface area (Å²) in [6, 6.07) is 5.10. The van der Waals surface area contributed by atoms with Gasteiger partial charge in [-0.15, -0.1) is 0 Å². The topological polar surface area (TPSA) is 50.8 Å². The summed E-state index contributed by atoms with van der Waals surface area (Å²) in [5.74, 6) is -0.595. The van der Waals surface area contributed by atoms with Gasteiger partial charge in [-0.2, -0.15) is 13.2 Å². The minimum absolute atomic E-state index is 0.0696. The van der Waals surface area contributed by atoms with Gasteiger partial charge in [0.05, 0.1) is 25.3 Å². The maximum Gasteiger partial charge on any atom is 0.416 e. The molecule has 0 aliphatic carbocycles. The number of ether oxygens (including phenoxy) is 2. The summed E-state index contributed by atoms with van der Waals surface area (Å²) in [4.78, 5) is 14.0. The number of hydrogen-bond donors (Lipinski definition) is 1. The Morgan fingerprint density at radius 3 is 2.52 bits per heavy atom. The number of alkyl halides is 3. The summed E-state index contributed by atoms with van der Waals surface area (Å²) in [6.45, 7) is 2.59. The lowest BCUT2D eigenvalue weighted by Gasteiger charge is -2.37. The van der Waals surface area contributed by atoms with E-state index in [9.17, 15) is 18.0 Å². The van der Waals surface area contributed by atoms with E-state index >= 15 is 0 Å². The average molecular weight is 358 g/mol. The molecule has 2 saturated heterocycles. The molecule has 2 heterocycles. The van der Waals surface area contributed by atoms with E-state index in [1.807, 2.05) is 0 Å². The van der Waals surface area contributed by atoms with Crippen LogP contribution in [0.4, 0.5) is 13.2 Å². The minimum atomic E-state index is -4.36. The second kappa shape index (κ2) is 7.31. The quantitative estimate of drug-likeness (QED) is 0.896. The van der Waals surface area contributed by atoms with Gasteiger partial charge in [0.1, 0.15) is 0 Å². The Morgan fingerprint density at radius 2 is 1.88 bits per heavy atom. The van der Waals surface area contributed by atoms with Gasteiger partial charge in [0.25, 0.3) is 0 Å². The fourth-order valence-corrected chi connectivity index (χ4v) is 3.17. The molecule has 0 unspecified atom stereocenters. The number of amides is 1. The molecule has 1 aromatic carbocycles. The highest BCUT2D eigenvalue weighted by Gasteiger charge is 2.40. The van der Waals surface area contributed by atoms with Crippen molar-refractivity contribution in [3.8, 4) is 0 Å². The molecule has 8 heteroatoms. The molecule has 3 rings (SSSR count). The van der Waals surface area contributed by atoms with Crippen LogP contribution in [0.2, 0.25) is 0 Å². The van der Waals surface area contributed by atoms with Crippen molar-refractivity contribution < 1.29 is 27.4 Å². The summed E-state index contributed by atoms with van der Waals surface area (Å²) in [5.41, 5.74) is -0.191. The van der Waals surface area contributed by atoms with E-state index in [1.54, 1.807) is 11.0 Å². The summed E-state index contributed by atoms with van der Waals surface area (Å²) in [6.07, 6.45) is -3.07. The van der Waals surface area contributed by atoms with Crippen LogP contribution in [0.3, 0.4) is 0 Å². The van der Waals surface area contributed by atoms with E-state index in [0.717, 1.165) is 12.1 Å². The number of likely N-dealkylation sites (tertiary alicyclic amines) is 1. The van der Waals surface area contributed by atoms with Gasteiger partial charge in [0.2, 0.25) is 5.91 Å². The average Bonchev–Trinajstić information content (AvgIpc) is 3.03. The van der Waals surface area contributed by atoms with Crippen molar-refractivity contribution >= 4 is 5.91 Å². The summed E-state index contributed by atoms with van der Waals surface area (Å²) < 4.78 is 49.3. The lowest BCUT2D eigenvalue weighted by atomic mass is 10.0. The van der Waals surface area contributed by atoms with Crippen LogP contribution < -0.4 is 5.32 Å². The predicted molar refractivity (Wildman–Crippen MR) is 83.6 cm³/mol. The van der Waals surface area contributed by atoms with Gasteiger partial charge in [0, 0.05) is 32.5 Å². The Kier molecular flexibility index (Phi) is 5.31. The van der Waals surface area contributed by atoms with Gasteiger partial charge in [-0.05, 0) is 11.6 Å². The molecule has 138 valence electrons. The molecule has 1 N–H and O–H groups in total. The van der Waals surface area contributed by atoms with Crippen molar-refractivity contribution in [2.24, 2.45) is 0 Å². The van der Waals surface area contributed by atoms with Crippen molar-refractivity contribution in [2.75, 3.05) is 32.8 Å². The third-order valence-corrected chi connectivity index (χ3v) is 4.55. The van der Waals surface area contributed by atoms with Crippen LogP contribution in [0, 0.1) is 0 Å². The smallest absolute Gasteiger partial charge is 0.347 e. The van der Waals surface area contributed by atoms with Crippen molar-refractivity contribution in [3.63, 3.8) is 0 Å². The third kappa shape index (κ3) is 4.50. The Hall–Kier alpha value is -1.64. The molecule has 25 heavy (non-hydrogen) atoms. The monoisotopic (exact) mass is 358 g/mol. The molecule has 1 amide bonds. The molecule has 5 nitrogen and oxygen atoms in total. The zero-order valence-electron chi connectivity index (χ0n) is 13.8. The number of benzene rings is 1. The predicted octanol–water partition coefficient (Wildman–Crippen LogP) is 2.16. The third-order valence-electron chi connectivity index (χ3n) is 4.55. The van der Waals surface area contributed by atoms with E-state index in [4.69, 9.17) is 9.47 Å². The highest BCUT2D eigenvalue weighted by molar-refractivity contribution is 5.78. The Labute approximate surface area is 144 Å². The first kappa shape index (κ1) is 18.2. The number of hydrogen-bond acceptors (Lipinski definition) is 4. The maximum atomic E-state index is 12.7. The first-order chi connectivity index (χ1) is 11.9. The van der Waals surface area contributed by atoms with E-state index < -0.39 is 17.5 Å². The Balaban J connectivity index is 1.44. The van der Waals surface area contributed by atoms with Crippen molar-refractivity contribution in [1.82, 2.24) is 10.2 Å². The normalized spacial score (nSPS) is 20.2. The lowest BCUT2D eigenvalue weighted by molar-refractivity contribution is -0.187. The molecule has 0 bridgehead atoms. The second-order valence-electron chi connectivity index (χ2n) is 6.29. The van der Waals surface area contributed by atoms with E-state index in [0.29, 0.717) is 44.7 Å². The number of nitrogens with zero attached hydrogens (tertiary/aromatic N) is 1. The van der Waals surface area contributed by atoms with Crippen LogP contribution in [0.5, 0.6) is 0 Å². The number of nitrogens with one attached hydrogen (secondary N) is 1. The molecule has 1 spiro atoms. The SMILES string of the molecule is O=C(CNCc1cccc(C(F)(F)F)c1)N1CCC2(CC1)OCCO2. The molecule has 1 aromatic rings. The van der Waals surface area contributed by atoms with Gasteiger partial charge in [-0.1, -0.05) is 18.2 Å². The largest absolute Gasteiger partial charge is 0.416 e. The van der Waals surface area contributed by atoms with Gasteiger partial charge in [-0.25, -0.2) is 0 Å². The van der Waals surface area contributed by atoms with Gasteiger partial charge < -0.3 is 19.7 Å². The number of halogens is 3. The van der Waals surface area contributed by atoms with Crippen LogP contribution in [-0.2, 0) is 27.0 Å². The number of piperidine rings is 1. The molecule has 0 aromatic heterocycles. The fourth-order valence-electron chi connectivity index (χ4n) is 3.17. The first-order valence-electron chi connectivity index (χ1n) is 8.31. The van der Waals surface area contributed by atoms with E-state index in [-0.39, 0.29) is 19.0 Å². The molecule has 2 aliphatic rings. The standard InChI is InChI=1S/C17H21F3N2O3/c18-17(19,20)14-3-1-2-13(10-14)11-21-12-15(23)22-6-4-16(5-7-22)24-8-9-25-16/h1-3,10,21H,4-9,11-12H2. The van der Waals surface area contributed by atoms with Crippen LogP contribution in [0.15, 0.2) is 24.3 Å². The number of carbonyl (C=O) groups is 1. The lowest BCUT2D eigenvalue weighted by Crippen LogP contribution is -2.49. The fraction of sp³-hybridized carbons (Fsp3) is 0.588. The zero-order chi connectivity index (χ0) is 17.9. The van der Waals surface area contributed by atoms with Crippen LogP contribution in [0.25, 0.3) is 0 Å². The Bertz CT molecular complexity index is 605. The van der Waals surface area contributed by atoms with Crippen molar-refractivity contribution in [3.05, 3.63) is 35.4 Å².